The van der Waals surface area contributed by atoms with Crippen LogP contribution < -0.4 is 5.32 Å². The molecule has 0 atom stereocenters. The van der Waals surface area contributed by atoms with Crippen molar-refractivity contribution in [3.8, 4) is 0 Å². The average molecular weight is 209 g/mol. The van der Waals surface area contributed by atoms with Gasteiger partial charge in [0.1, 0.15) is 0 Å². The summed E-state index contributed by atoms with van der Waals surface area (Å²) in [6.07, 6.45) is 13.1. The smallest absolute Gasteiger partial charge is 0.00673 e. The highest BCUT2D eigenvalue weighted by Gasteiger charge is 2.21. The quantitative estimate of drug-likeness (QED) is 0.744. The Balaban J connectivity index is 1.59. The summed E-state index contributed by atoms with van der Waals surface area (Å²) in [6.45, 7) is 3.65. The molecule has 2 saturated carbocycles. The van der Waals surface area contributed by atoms with Crippen molar-refractivity contribution in [2.75, 3.05) is 6.54 Å². The lowest BCUT2D eigenvalue weighted by Gasteiger charge is -2.29. The summed E-state index contributed by atoms with van der Waals surface area (Å²) in [4.78, 5) is 0. The molecule has 0 radical (unpaired) electrons. The molecule has 2 aliphatic rings. The minimum absolute atomic E-state index is 0.855. The van der Waals surface area contributed by atoms with Gasteiger partial charge in [0, 0.05) is 6.04 Å². The van der Waals surface area contributed by atoms with E-state index in [1.165, 1.54) is 64.3 Å². The molecular weight excluding hydrogens is 182 g/mol. The minimum Gasteiger partial charge on any atom is -0.314 e. The molecule has 1 heteroatoms. The molecule has 0 aromatic rings. The molecule has 0 bridgehead atoms. The normalized spacial score (nSPS) is 33.4. The predicted octanol–water partition coefficient (Wildman–Crippen LogP) is 3.74. The van der Waals surface area contributed by atoms with Crippen LogP contribution in [-0.2, 0) is 0 Å². The highest BCUT2D eigenvalue weighted by atomic mass is 14.9. The van der Waals surface area contributed by atoms with Crippen LogP contribution in [-0.4, -0.2) is 12.6 Å². The highest BCUT2D eigenvalue weighted by molar-refractivity contribution is 4.78. The fraction of sp³-hybridized carbons (Fsp3) is 1.00. The van der Waals surface area contributed by atoms with Crippen LogP contribution in [0.5, 0.6) is 0 Å². The van der Waals surface area contributed by atoms with Gasteiger partial charge in [-0.25, -0.2) is 0 Å². The first-order valence-electron chi connectivity index (χ1n) is 7.12. The molecule has 0 spiro atoms. The Bertz CT molecular complexity index is 164. The summed E-state index contributed by atoms with van der Waals surface area (Å²) < 4.78 is 0. The third-order valence-corrected chi connectivity index (χ3v) is 4.59. The summed E-state index contributed by atoms with van der Waals surface area (Å²) in [6, 6.07) is 0.855. The van der Waals surface area contributed by atoms with E-state index in [0.29, 0.717) is 0 Å². The number of hydrogen-bond donors (Lipinski definition) is 1. The van der Waals surface area contributed by atoms with Crippen molar-refractivity contribution in [2.24, 2.45) is 11.8 Å². The van der Waals surface area contributed by atoms with E-state index in [2.05, 4.69) is 12.2 Å². The van der Waals surface area contributed by atoms with Gasteiger partial charge in [0.15, 0.2) is 0 Å². The van der Waals surface area contributed by atoms with Gasteiger partial charge in [-0.1, -0.05) is 26.2 Å². The molecule has 0 aromatic carbocycles. The number of hydrogen-bond acceptors (Lipinski definition) is 1. The first-order valence-corrected chi connectivity index (χ1v) is 7.12. The van der Waals surface area contributed by atoms with Gasteiger partial charge in [-0.3, -0.25) is 0 Å². The van der Waals surface area contributed by atoms with E-state index in [-0.39, 0.29) is 0 Å². The SMILES string of the molecule is CCC1CCC(NCC2CCCC2)CC1. The van der Waals surface area contributed by atoms with Gasteiger partial charge in [-0.15, -0.1) is 0 Å². The molecule has 2 rings (SSSR count). The van der Waals surface area contributed by atoms with Gasteiger partial charge >= 0.3 is 0 Å². The maximum Gasteiger partial charge on any atom is 0.00673 e. The van der Waals surface area contributed by atoms with Crippen molar-refractivity contribution >= 4 is 0 Å². The summed E-state index contributed by atoms with van der Waals surface area (Å²) in [5.41, 5.74) is 0. The Morgan fingerprint density at radius 1 is 0.867 bits per heavy atom. The molecule has 1 N–H and O–H groups in total. The molecule has 0 aromatic heterocycles. The van der Waals surface area contributed by atoms with Gasteiger partial charge < -0.3 is 5.32 Å². The monoisotopic (exact) mass is 209 g/mol. The lowest BCUT2D eigenvalue weighted by atomic mass is 9.84. The Morgan fingerprint density at radius 3 is 2.13 bits per heavy atom. The Hall–Kier alpha value is -0.0400. The van der Waals surface area contributed by atoms with Crippen LogP contribution in [0.4, 0.5) is 0 Å². The van der Waals surface area contributed by atoms with Crippen molar-refractivity contribution in [2.45, 2.75) is 70.8 Å². The van der Waals surface area contributed by atoms with Gasteiger partial charge in [-0.2, -0.15) is 0 Å². The zero-order chi connectivity index (χ0) is 10.5. The second-order valence-electron chi connectivity index (χ2n) is 5.68. The van der Waals surface area contributed by atoms with Crippen molar-refractivity contribution < 1.29 is 0 Å². The molecule has 0 heterocycles. The third kappa shape index (κ3) is 3.48. The zero-order valence-corrected chi connectivity index (χ0v) is 10.3. The topological polar surface area (TPSA) is 12.0 Å². The first kappa shape index (κ1) is 11.4. The van der Waals surface area contributed by atoms with Crippen molar-refractivity contribution in [3.05, 3.63) is 0 Å². The van der Waals surface area contributed by atoms with Crippen molar-refractivity contribution in [1.29, 1.82) is 0 Å². The fourth-order valence-electron chi connectivity index (χ4n) is 3.32. The van der Waals surface area contributed by atoms with Gasteiger partial charge in [0.2, 0.25) is 0 Å². The lowest BCUT2D eigenvalue weighted by Crippen LogP contribution is -2.35. The van der Waals surface area contributed by atoms with Crippen LogP contribution in [0.1, 0.15) is 64.7 Å². The van der Waals surface area contributed by atoms with Crippen LogP contribution in [0.25, 0.3) is 0 Å². The summed E-state index contributed by atoms with van der Waals surface area (Å²) in [7, 11) is 0. The molecule has 2 fully saturated rings. The Morgan fingerprint density at radius 2 is 1.53 bits per heavy atom. The van der Waals surface area contributed by atoms with Crippen molar-refractivity contribution in [1.82, 2.24) is 5.32 Å². The van der Waals surface area contributed by atoms with E-state index in [9.17, 15) is 0 Å². The molecule has 88 valence electrons. The highest BCUT2D eigenvalue weighted by Crippen LogP contribution is 2.28. The molecule has 0 amide bonds. The van der Waals surface area contributed by atoms with Crippen LogP contribution in [0.2, 0.25) is 0 Å². The predicted molar refractivity (Wildman–Crippen MR) is 66.0 cm³/mol. The molecule has 0 aliphatic heterocycles. The van der Waals surface area contributed by atoms with E-state index >= 15 is 0 Å². The first-order chi connectivity index (χ1) is 7.38. The second kappa shape index (κ2) is 5.89. The van der Waals surface area contributed by atoms with Crippen LogP contribution in [0, 0.1) is 11.8 Å². The zero-order valence-electron chi connectivity index (χ0n) is 10.3. The lowest BCUT2D eigenvalue weighted by molar-refractivity contribution is 0.277. The molecule has 2 aliphatic carbocycles. The number of rotatable bonds is 4. The van der Waals surface area contributed by atoms with E-state index in [4.69, 9.17) is 0 Å². The fourth-order valence-corrected chi connectivity index (χ4v) is 3.32. The maximum absolute atomic E-state index is 3.81. The molecule has 15 heavy (non-hydrogen) atoms. The maximum atomic E-state index is 3.81. The van der Waals surface area contributed by atoms with E-state index in [0.717, 1.165) is 17.9 Å². The van der Waals surface area contributed by atoms with Crippen LogP contribution in [0.3, 0.4) is 0 Å². The van der Waals surface area contributed by atoms with Crippen LogP contribution >= 0.6 is 0 Å². The van der Waals surface area contributed by atoms with Gasteiger partial charge in [0.05, 0.1) is 0 Å². The van der Waals surface area contributed by atoms with Gasteiger partial charge in [-0.05, 0) is 56.9 Å². The summed E-state index contributed by atoms with van der Waals surface area (Å²) >= 11 is 0. The average Bonchev–Trinajstić information content (AvgIpc) is 2.80. The Labute approximate surface area is 95.0 Å². The second-order valence-corrected chi connectivity index (χ2v) is 5.68. The van der Waals surface area contributed by atoms with E-state index in [1.807, 2.05) is 0 Å². The van der Waals surface area contributed by atoms with Crippen molar-refractivity contribution in [3.63, 3.8) is 0 Å². The standard InChI is InChI=1S/C14H27N/c1-2-12-7-9-14(10-8-12)15-11-13-5-3-4-6-13/h12-15H,2-11H2,1H3. The molecule has 0 saturated heterocycles. The minimum atomic E-state index is 0.855. The van der Waals surface area contributed by atoms with Gasteiger partial charge in [0.25, 0.3) is 0 Å². The van der Waals surface area contributed by atoms with Crippen LogP contribution in [0.15, 0.2) is 0 Å². The van der Waals surface area contributed by atoms with E-state index < -0.39 is 0 Å². The largest absolute Gasteiger partial charge is 0.314 e. The Kier molecular flexibility index (Phi) is 4.49. The third-order valence-electron chi connectivity index (χ3n) is 4.59. The molecule has 1 nitrogen and oxygen atoms in total. The summed E-state index contributed by atoms with van der Waals surface area (Å²) in [5.74, 6) is 2.04. The summed E-state index contributed by atoms with van der Waals surface area (Å²) in [5, 5.41) is 3.81. The molecular formula is C14H27N. The molecule has 0 unspecified atom stereocenters. The number of nitrogens with one attached hydrogen (secondary N) is 1. The van der Waals surface area contributed by atoms with E-state index in [1.54, 1.807) is 0 Å².